The van der Waals surface area contributed by atoms with Crippen molar-refractivity contribution < 1.29 is 0 Å². The summed E-state index contributed by atoms with van der Waals surface area (Å²) < 4.78 is 0. The third-order valence-corrected chi connectivity index (χ3v) is 2.72. The molecule has 3 rings (SSSR count). The molecule has 0 saturated heterocycles. The molecule has 0 amide bonds. The van der Waals surface area contributed by atoms with Crippen LogP contribution in [0, 0.1) is 6.92 Å². The second kappa shape index (κ2) is 5.45. The summed E-state index contributed by atoms with van der Waals surface area (Å²) in [6.07, 6.45) is 5.58. The van der Waals surface area contributed by atoms with E-state index >= 15 is 0 Å². The van der Waals surface area contributed by atoms with Gasteiger partial charge < -0.3 is 4.98 Å². The van der Waals surface area contributed by atoms with Crippen molar-refractivity contribution in [3.8, 4) is 11.1 Å². The highest BCUT2D eigenvalue weighted by molar-refractivity contribution is 5.81. The maximum atomic E-state index is 4.38. The van der Waals surface area contributed by atoms with Crippen molar-refractivity contribution in [2.75, 3.05) is 0 Å². The fraction of sp³-hybridized carbons (Fsp3) is 0.200. The van der Waals surface area contributed by atoms with Gasteiger partial charge in [-0.15, -0.1) is 0 Å². The number of pyridine rings is 2. The maximum absolute atomic E-state index is 4.38. The molecule has 0 unspecified atom stereocenters. The van der Waals surface area contributed by atoms with E-state index in [1.807, 2.05) is 45.3 Å². The molecule has 92 valence electrons. The lowest BCUT2D eigenvalue weighted by atomic mass is 10.1. The molecule has 3 heteroatoms. The van der Waals surface area contributed by atoms with E-state index in [0.29, 0.717) is 0 Å². The van der Waals surface area contributed by atoms with Gasteiger partial charge in [0.25, 0.3) is 0 Å². The van der Waals surface area contributed by atoms with E-state index in [4.69, 9.17) is 0 Å². The number of aryl methyl sites for hydroxylation is 1. The van der Waals surface area contributed by atoms with Crippen LogP contribution in [0.4, 0.5) is 0 Å². The molecule has 18 heavy (non-hydrogen) atoms. The van der Waals surface area contributed by atoms with Crippen LogP contribution >= 0.6 is 0 Å². The molecule has 3 heterocycles. The second-order valence-electron chi connectivity index (χ2n) is 3.78. The van der Waals surface area contributed by atoms with Gasteiger partial charge in [0.2, 0.25) is 0 Å². The first-order valence-electron chi connectivity index (χ1n) is 6.20. The Morgan fingerprint density at radius 3 is 2.72 bits per heavy atom. The van der Waals surface area contributed by atoms with E-state index in [-0.39, 0.29) is 0 Å². The Kier molecular flexibility index (Phi) is 3.72. The Bertz CT molecular complexity index is 641. The highest BCUT2D eigenvalue weighted by atomic mass is 14.8. The molecular weight excluding hydrogens is 222 g/mol. The second-order valence-corrected chi connectivity index (χ2v) is 3.78. The Hall–Kier alpha value is -2.16. The predicted molar refractivity (Wildman–Crippen MR) is 75.4 cm³/mol. The Balaban J connectivity index is 0.000000574. The first-order chi connectivity index (χ1) is 8.84. The monoisotopic (exact) mass is 239 g/mol. The van der Waals surface area contributed by atoms with Crippen LogP contribution in [0.2, 0.25) is 0 Å². The number of hydrogen-bond acceptors (Lipinski definition) is 2. The third-order valence-electron chi connectivity index (χ3n) is 2.72. The molecule has 1 N–H and O–H groups in total. The zero-order valence-electron chi connectivity index (χ0n) is 10.9. The van der Waals surface area contributed by atoms with Crippen molar-refractivity contribution in [2.45, 2.75) is 20.8 Å². The van der Waals surface area contributed by atoms with Gasteiger partial charge in [0.05, 0.1) is 0 Å². The first-order valence-corrected chi connectivity index (χ1v) is 6.20. The zero-order chi connectivity index (χ0) is 13.0. The molecule has 0 saturated carbocycles. The van der Waals surface area contributed by atoms with E-state index in [1.54, 1.807) is 6.20 Å². The van der Waals surface area contributed by atoms with E-state index in [9.17, 15) is 0 Å². The van der Waals surface area contributed by atoms with E-state index in [1.165, 1.54) is 0 Å². The Labute approximate surface area is 107 Å². The minimum absolute atomic E-state index is 0.922. The van der Waals surface area contributed by atoms with E-state index < -0.39 is 0 Å². The highest BCUT2D eigenvalue weighted by Gasteiger charge is 2.04. The van der Waals surface area contributed by atoms with Crippen LogP contribution < -0.4 is 0 Å². The normalized spacial score (nSPS) is 9.94. The van der Waals surface area contributed by atoms with Gasteiger partial charge in [-0.25, -0.2) is 4.98 Å². The minimum Gasteiger partial charge on any atom is -0.346 e. The number of aromatic nitrogens is 3. The molecule has 0 spiro atoms. The first kappa shape index (κ1) is 12.3. The number of rotatable bonds is 1. The van der Waals surface area contributed by atoms with Crippen LogP contribution in [0.1, 0.15) is 19.5 Å². The average molecular weight is 239 g/mol. The summed E-state index contributed by atoms with van der Waals surface area (Å²) in [7, 11) is 0. The average Bonchev–Trinajstić information content (AvgIpc) is 2.89. The lowest BCUT2D eigenvalue weighted by Gasteiger charge is -2.04. The van der Waals surface area contributed by atoms with Gasteiger partial charge in [-0.1, -0.05) is 19.9 Å². The molecule has 0 aromatic carbocycles. The Morgan fingerprint density at radius 1 is 1.11 bits per heavy atom. The number of H-pyrrole nitrogens is 1. The summed E-state index contributed by atoms with van der Waals surface area (Å²) in [4.78, 5) is 11.7. The molecule has 0 aliphatic heterocycles. The SMILES string of the molecule is CC.Cc1ncccc1-c1cnc2[nH]ccc2c1. The van der Waals surface area contributed by atoms with Crippen molar-refractivity contribution in [3.05, 3.63) is 48.5 Å². The zero-order valence-corrected chi connectivity index (χ0v) is 10.9. The van der Waals surface area contributed by atoms with Crippen LogP contribution in [0.3, 0.4) is 0 Å². The lowest BCUT2D eigenvalue weighted by molar-refractivity contribution is 1.20. The fourth-order valence-electron chi connectivity index (χ4n) is 1.88. The molecule has 3 nitrogen and oxygen atoms in total. The topological polar surface area (TPSA) is 41.6 Å². The highest BCUT2D eigenvalue weighted by Crippen LogP contribution is 2.23. The van der Waals surface area contributed by atoms with E-state index in [0.717, 1.165) is 27.9 Å². The molecule has 0 fully saturated rings. The minimum atomic E-state index is 0.922. The van der Waals surface area contributed by atoms with Crippen LogP contribution in [0.5, 0.6) is 0 Å². The van der Waals surface area contributed by atoms with Crippen molar-refractivity contribution in [3.63, 3.8) is 0 Å². The summed E-state index contributed by atoms with van der Waals surface area (Å²) >= 11 is 0. The van der Waals surface area contributed by atoms with Gasteiger partial charge >= 0.3 is 0 Å². The standard InChI is InChI=1S/C13H11N3.C2H6/c1-9-12(3-2-5-14-9)11-7-10-4-6-15-13(10)16-8-11;1-2/h2-8H,1H3,(H,15,16);1-2H3. The lowest BCUT2D eigenvalue weighted by Crippen LogP contribution is -1.87. The molecule has 3 aromatic heterocycles. The molecular formula is C15H17N3. The van der Waals surface area contributed by atoms with Crippen molar-refractivity contribution >= 4 is 11.0 Å². The van der Waals surface area contributed by atoms with Crippen molar-refractivity contribution in [2.24, 2.45) is 0 Å². The van der Waals surface area contributed by atoms with Crippen LogP contribution in [0.15, 0.2) is 42.9 Å². The summed E-state index contributed by atoms with van der Waals surface area (Å²) in [6.45, 7) is 6.01. The smallest absolute Gasteiger partial charge is 0.137 e. The fourth-order valence-corrected chi connectivity index (χ4v) is 1.88. The van der Waals surface area contributed by atoms with Crippen molar-refractivity contribution in [1.29, 1.82) is 0 Å². The van der Waals surface area contributed by atoms with Gasteiger partial charge in [-0.05, 0) is 25.1 Å². The number of aromatic amines is 1. The molecule has 0 atom stereocenters. The number of fused-ring (bicyclic) bond motifs is 1. The number of hydrogen-bond donors (Lipinski definition) is 1. The van der Waals surface area contributed by atoms with Gasteiger partial charge in [-0.3, -0.25) is 4.98 Å². The van der Waals surface area contributed by atoms with Gasteiger partial charge in [0.15, 0.2) is 0 Å². The van der Waals surface area contributed by atoms with Crippen LogP contribution in [-0.2, 0) is 0 Å². The molecule has 0 aliphatic carbocycles. The largest absolute Gasteiger partial charge is 0.346 e. The summed E-state index contributed by atoms with van der Waals surface area (Å²) in [6, 6.07) is 8.17. The predicted octanol–water partition coefficient (Wildman–Crippen LogP) is 3.96. The quantitative estimate of drug-likeness (QED) is 0.698. The number of nitrogens with one attached hydrogen (secondary N) is 1. The van der Waals surface area contributed by atoms with Crippen LogP contribution in [-0.4, -0.2) is 15.0 Å². The van der Waals surface area contributed by atoms with Crippen molar-refractivity contribution in [1.82, 2.24) is 15.0 Å². The summed E-state index contributed by atoms with van der Waals surface area (Å²) in [5, 5.41) is 1.13. The molecule has 0 aliphatic rings. The van der Waals surface area contributed by atoms with Gasteiger partial charge in [0, 0.05) is 40.8 Å². The summed E-state index contributed by atoms with van der Waals surface area (Å²) in [5.41, 5.74) is 4.19. The number of nitrogens with zero attached hydrogens (tertiary/aromatic N) is 2. The Morgan fingerprint density at radius 2 is 1.94 bits per heavy atom. The third kappa shape index (κ3) is 2.25. The summed E-state index contributed by atoms with van der Waals surface area (Å²) in [5.74, 6) is 0. The van der Waals surface area contributed by atoms with Gasteiger partial charge in [0.1, 0.15) is 5.65 Å². The molecule has 0 bridgehead atoms. The van der Waals surface area contributed by atoms with Gasteiger partial charge in [-0.2, -0.15) is 0 Å². The molecule has 3 aromatic rings. The molecule has 0 radical (unpaired) electrons. The van der Waals surface area contributed by atoms with Crippen LogP contribution in [0.25, 0.3) is 22.2 Å². The maximum Gasteiger partial charge on any atom is 0.137 e. The van der Waals surface area contributed by atoms with E-state index in [2.05, 4.69) is 27.1 Å².